The van der Waals surface area contributed by atoms with Crippen molar-refractivity contribution in [1.82, 2.24) is 4.90 Å². The molecule has 1 amide bonds. The van der Waals surface area contributed by atoms with Gasteiger partial charge >= 0.3 is 5.97 Å². The van der Waals surface area contributed by atoms with Gasteiger partial charge in [-0.25, -0.2) is 0 Å². The van der Waals surface area contributed by atoms with Gasteiger partial charge in [-0.05, 0) is 37.8 Å². The van der Waals surface area contributed by atoms with Crippen LogP contribution in [-0.2, 0) is 9.53 Å². The third-order valence-electron chi connectivity index (χ3n) is 6.00. The molecular weight excluding hydrogens is 394 g/mol. The summed E-state index contributed by atoms with van der Waals surface area (Å²) in [6.07, 6.45) is 1.86. The van der Waals surface area contributed by atoms with Crippen LogP contribution in [0, 0.1) is 12.8 Å². The van der Waals surface area contributed by atoms with Gasteiger partial charge in [0.15, 0.2) is 11.0 Å². The van der Waals surface area contributed by atoms with Gasteiger partial charge in [-0.2, -0.15) is 0 Å². The van der Waals surface area contributed by atoms with Crippen molar-refractivity contribution < 1.29 is 18.7 Å². The molecule has 0 aliphatic carbocycles. The lowest BCUT2D eigenvalue weighted by Gasteiger charge is -2.31. The lowest BCUT2D eigenvalue weighted by Crippen LogP contribution is -2.39. The number of rotatable bonds is 4. The molecule has 1 saturated heterocycles. The van der Waals surface area contributed by atoms with E-state index in [4.69, 9.17) is 9.15 Å². The van der Waals surface area contributed by atoms with Gasteiger partial charge in [0.1, 0.15) is 5.76 Å². The first-order chi connectivity index (χ1) is 15.0. The standard InChI is InChI=1S/C25H25NO5/c1-16-22(28)19-9-6-10-20(24(19)31-23(16)18-7-4-3-5-8-18)25(29)26-13-11-17(12-14-26)15-21(27)30-2/h3-10,17H,11-15H2,1-2H3. The number of para-hydroxylation sites is 1. The van der Waals surface area contributed by atoms with Gasteiger partial charge in [-0.15, -0.1) is 0 Å². The Kier molecular flexibility index (Phi) is 5.89. The Morgan fingerprint density at radius 2 is 1.77 bits per heavy atom. The van der Waals surface area contributed by atoms with Gasteiger partial charge in [0.05, 0.1) is 18.1 Å². The number of piperidine rings is 1. The number of hydrogen-bond donors (Lipinski definition) is 0. The van der Waals surface area contributed by atoms with Crippen LogP contribution in [0.25, 0.3) is 22.3 Å². The molecule has 1 fully saturated rings. The van der Waals surface area contributed by atoms with E-state index in [9.17, 15) is 14.4 Å². The van der Waals surface area contributed by atoms with Crippen LogP contribution in [0.2, 0.25) is 0 Å². The number of carbonyl (C=O) groups excluding carboxylic acids is 2. The Balaban J connectivity index is 1.67. The van der Waals surface area contributed by atoms with Crippen molar-refractivity contribution in [1.29, 1.82) is 0 Å². The summed E-state index contributed by atoms with van der Waals surface area (Å²) in [5, 5.41) is 0.406. The number of fused-ring (bicyclic) bond motifs is 1. The summed E-state index contributed by atoms with van der Waals surface area (Å²) in [6.45, 7) is 2.85. The van der Waals surface area contributed by atoms with Crippen LogP contribution in [0.15, 0.2) is 57.7 Å². The molecule has 31 heavy (non-hydrogen) atoms. The zero-order chi connectivity index (χ0) is 22.0. The molecule has 0 unspecified atom stereocenters. The Morgan fingerprint density at radius 1 is 1.06 bits per heavy atom. The molecule has 1 aromatic heterocycles. The first kappa shape index (κ1) is 20.8. The van der Waals surface area contributed by atoms with Crippen LogP contribution in [0.1, 0.15) is 35.2 Å². The number of benzene rings is 2. The highest BCUT2D eigenvalue weighted by Gasteiger charge is 2.27. The molecule has 6 nitrogen and oxygen atoms in total. The minimum Gasteiger partial charge on any atom is -0.469 e. The Bertz CT molecular complexity index is 1170. The van der Waals surface area contributed by atoms with E-state index in [2.05, 4.69) is 0 Å². The molecule has 1 aliphatic rings. The van der Waals surface area contributed by atoms with E-state index in [1.54, 1.807) is 30.0 Å². The Labute approximate surface area is 180 Å². The summed E-state index contributed by atoms with van der Waals surface area (Å²) in [6, 6.07) is 14.6. The largest absolute Gasteiger partial charge is 0.469 e. The smallest absolute Gasteiger partial charge is 0.305 e. The van der Waals surface area contributed by atoms with Crippen molar-refractivity contribution in [2.45, 2.75) is 26.2 Å². The molecule has 160 valence electrons. The highest BCUT2D eigenvalue weighted by molar-refractivity contribution is 6.05. The number of methoxy groups -OCH3 is 1. The first-order valence-corrected chi connectivity index (χ1v) is 10.5. The zero-order valence-electron chi connectivity index (χ0n) is 17.7. The third kappa shape index (κ3) is 4.10. The SMILES string of the molecule is COC(=O)CC1CCN(C(=O)c2cccc3c(=O)c(C)c(-c4ccccc4)oc23)CC1. The molecule has 1 aliphatic heterocycles. The lowest BCUT2D eigenvalue weighted by atomic mass is 9.93. The molecule has 0 N–H and O–H groups in total. The molecule has 0 saturated carbocycles. The van der Waals surface area contributed by atoms with Crippen molar-refractivity contribution in [3.05, 3.63) is 69.9 Å². The topological polar surface area (TPSA) is 76.8 Å². The average molecular weight is 419 g/mol. The van der Waals surface area contributed by atoms with Crippen molar-refractivity contribution in [3.63, 3.8) is 0 Å². The van der Waals surface area contributed by atoms with Gasteiger partial charge in [0.25, 0.3) is 5.91 Å². The maximum atomic E-state index is 13.3. The summed E-state index contributed by atoms with van der Waals surface area (Å²) in [7, 11) is 1.39. The number of ether oxygens (including phenoxy) is 1. The predicted octanol–water partition coefficient (Wildman–Crippen LogP) is 4.18. The van der Waals surface area contributed by atoms with Crippen LogP contribution in [0.5, 0.6) is 0 Å². The van der Waals surface area contributed by atoms with Crippen LogP contribution in [0.3, 0.4) is 0 Å². The summed E-state index contributed by atoms with van der Waals surface area (Å²) >= 11 is 0. The van der Waals surface area contributed by atoms with Crippen molar-refractivity contribution in [2.75, 3.05) is 20.2 Å². The number of hydrogen-bond acceptors (Lipinski definition) is 5. The first-order valence-electron chi connectivity index (χ1n) is 10.5. The van der Waals surface area contributed by atoms with Gasteiger partial charge in [-0.1, -0.05) is 36.4 Å². The monoisotopic (exact) mass is 419 g/mol. The van der Waals surface area contributed by atoms with Gasteiger partial charge in [0, 0.05) is 30.6 Å². The van der Waals surface area contributed by atoms with E-state index >= 15 is 0 Å². The van der Waals surface area contributed by atoms with Gasteiger partial charge in [-0.3, -0.25) is 14.4 Å². The molecule has 3 aromatic rings. The molecule has 2 heterocycles. The number of nitrogens with zero attached hydrogens (tertiary/aromatic N) is 1. The fourth-order valence-corrected chi connectivity index (χ4v) is 4.17. The minimum atomic E-state index is -0.218. The molecule has 0 spiro atoms. The van der Waals surface area contributed by atoms with Crippen LogP contribution in [-0.4, -0.2) is 37.0 Å². The van der Waals surface area contributed by atoms with E-state index in [0.717, 1.165) is 18.4 Å². The summed E-state index contributed by atoms with van der Waals surface area (Å²) in [4.78, 5) is 39.6. The highest BCUT2D eigenvalue weighted by Crippen LogP contribution is 2.29. The molecule has 0 atom stereocenters. The van der Waals surface area contributed by atoms with Gasteiger partial charge in [0.2, 0.25) is 0 Å². The lowest BCUT2D eigenvalue weighted by molar-refractivity contribution is -0.142. The normalized spacial score (nSPS) is 14.6. The molecule has 2 aromatic carbocycles. The second-order valence-corrected chi connectivity index (χ2v) is 7.95. The number of carbonyl (C=O) groups is 2. The molecule has 6 heteroatoms. The van der Waals surface area contributed by atoms with Crippen LogP contribution >= 0.6 is 0 Å². The third-order valence-corrected chi connectivity index (χ3v) is 6.00. The maximum Gasteiger partial charge on any atom is 0.305 e. The Hall–Kier alpha value is -3.41. The van der Waals surface area contributed by atoms with E-state index in [1.165, 1.54) is 7.11 Å². The van der Waals surface area contributed by atoms with Crippen molar-refractivity contribution >= 4 is 22.8 Å². The van der Waals surface area contributed by atoms with E-state index < -0.39 is 0 Å². The van der Waals surface area contributed by atoms with Gasteiger partial charge < -0.3 is 14.1 Å². The number of likely N-dealkylation sites (tertiary alicyclic amines) is 1. The molecule has 4 rings (SSSR count). The van der Waals surface area contributed by atoms with E-state index in [1.807, 2.05) is 30.3 Å². The average Bonchev–Trinajstić information content (AvgIpc) is 2.81. The quantitative estimate of drug-likeness (QED) is 0.593. The second kappa shape index (κ2) is 8.76. The van der Waals surface area contributed by atoms with Crippen molar-refractivity contribution in [3.8, 4) is 11.3 Å². The fraction of sp³-hybridized carbons (Fsp3) is 0.320. The minimum absolute atomic E-state index is 0.133. The Morgan fingerprint density at radius 3 is 2.45 bits per heavy atom. The zero-order valence-corrected chi connectivity index (χ0v) is 17.7. The second-order valence-electron chi connectivity index (χ2n) is 7.95. The number of esters is 1. The van der Waals surface area contributed by atoms with Crippen molar-refractivity contribution in [2.24, 2.45) is 5.92 Å². The van der Waals surface area contributed by atoms with E-state index in [-0.39, 0.29) is 23.2 Å². The maximum absolute atomic E-state index is 13.3. The summed E-state index contributed by atoms with van der Waals surface area (Å²) in [5.74, 6) is 0.321. The summed E-state index contributed by atoms with van der Waals surface area (Å²) in [5.41, 5.74) is 1.89. The fourth-order valence-electron chi connectivity index (χ4n) is 4.17. The predicted molar refractivity (Wildman–Crippen MR) is 118 cm³/mol. The summed E-state index contributed by atoms with van der Waals surface area (Å²) < 4.78 is 10.9. The van der Waals surface area contributed by atoms with Crippen LogP contribution in [0.4, 0.5) is 0 Å². The van der Waals surface area contributed by atoms with E-state index in [0.29, 0.717) is 47.4 Å². The molecule has 0 bridgehead atoms. The molecule has 0 radical (unpaired) electrons. The highest BCUT2D eigenvalue weighted by atomic mass is 16.5. The molecular formula is C25H25NO5. The number of amides is 1. The van der Waals surface area contributed by atoms with Crippen LogP contribution < -0.4 is 5.43 Å².